The van der Waals surface area contributed by atoms with E-state index in [0.717, 1.165) is 0 Å². The first-order valence-electron chi connectivity index (χ1n) is 7.07. The third kappa shape index (κ3) is 2.58. The molecule has 3 N–H and O–H groups in total. The fourth-order valence-corrected chi connectivity index (χ4v) is 3.06. The molecule has 0 radical (unpaired) electrons. The molecule has 1 amide bonds. The molecule has 116 valence electrons. The van der Waals surface area contributed by atoms with Crippen LogP contribution in [-0.2, 0) is 0 Å². The van der Waals surface area contributed by atoms with Crippen LogP contribution in [0.5, 0.6) is 0 Å². The van der Waals surface area contributed by atoms with Crippen LogP contribution in [0.25, 0.3) is 10.9 Å². The Hall–Kier alpha value is -2.31. The van der Waals surface area contributed by atoms with Gasteiger partial charge in [0.25, 0.3) is 5.91 Å². The quantitative estimate of drug-likeness (QED) is 0.892. The van der Waals surface area contributed by atoms with Gasteiger partial charge in [0.15, 0.2) is 5.43 Å². The van der Waals surface area contributed by atoms with E-state index in [0.29, 0.717) is 24.1 Å². The van der Waals surface area contributed by atoms with Gasteiger partial charge in [0, 0.05) is 36.7 Å². The number of carbonyl (C=O) groups is 1. The Morgan fingerprint density at radius 1 is 1.45 bits per heavy atom. The van der Waals surface area contributed by atoms with Gasteiger partial charge in [-0.3, -0.25) is 14.6 Å². The van der Waals surface area contributed by atoms with Gasteiger partial charge >= 0.3 is 0 Å². The number of rotatable bonds is 2. The lowest BCUT2D eigenvalue weighted by Gasteiger charge is -2.29. The number of hydrogen-bond donors (Lipinski definition) is 2. The van der Waals surface area contributed by atoms with E-state index in [1.54, 1.807) is 0 Å². The number of aromatic nitrogens is 2. The van der Waals surface area contributed by atoms with Gasteiger partial charge in [0.2, 0.25) is 5.92 Å². The number of alkyl halides is 2. The zero-order valence-corrected chi connectivity index (χ0v) is 11.7. The van der Waals surface area contributed by atoms with Crippen LogP contribution in [0.4, 0.5) is 8.78 Å². The van der Waals surface area contributed by atoms with Crippen molar-refractivity contribution in [2.24, 2.45) is 5.73 Å². The molecule has 0 bridgehead atoms. The van der Waals surface area contributed by atoms with Crippen LogP contribution >= 0.6 is 0 Å². The summed E-state index contributed by atoms with van der Waals surface area (Å²) in [5.74, 6) is -3.90. The van der Waals surface area contributed by atoms with E-state index in [1.165, 1.54) is 18.3 Å². The summed E-state index contributed by atoms with van der Waals surface area (Å²) < 4.78 is 27.1. The van der Waals surface area contributed by atoms with E-state index < -0.39 is 23.2 Å². The van der Waals surface area contributed by atoms with Crippen LogP contribution in [0.1, 0.15) is 47.8 Å². The number of H-pyrrole nitrogens is 1. The Morgan fingerprint density at radius 2 is 2.23 bits per heavy atom. The first kappa shape index (κ1) is 14.6. The van der Waals surface area contributed by atoms with E-state index in [2.05, 4.69) is 9.97 Å². The maximum atomic E-state index is 13.6. The Balaban J connectivity index is 2.11. The van der Waals surface area contributed by atoms with Crippen molar-refractivity contribution in [1.82, 2.24) is 9.97 Å². The minimum atomic E-state index is -2.70. The molecule has 2 aromatic heterocycles. The van der Waals surface area contributed by atoms with E-state index in [1.807, 2.05) is 0 Å². The maximum absolute atomic E-state index is 13.6. The highest BCUT2D eigenvalue weighted by Crippen LogP contribution is 2.41. The monoisotopic (exact) mass is 307 g/mol. The molecule has 3 rings (SSSR count). The second-order valence-corrected chi connectivity index (χ2v) is 5.68. The number of halogens is 2. The van der Waals surface area contributed by atoms with Crippen molar-refractivity contribution in [2.45, 2.75) is 37.5 Å². The molecule has 0 aliphatic heterocycles. The number of fused-ring (bicyclic) bond motifs is 1. The standard InChI is InChI=1S/C15H15F2N3O2/c16-15(17)4-1-2-8(7-15)10-6-11(21)12-9(20-10)3-5-19-13(12)14(18)22/h3,5-6,8H,1-2,4,7H2,(H2,18,22)(H,20,21). The smallest absolute Gasteiger partial charge is 0.268 e. The summed E-state index contributed by atoms with van der Waals surface area (Å²) in [5.41, 5.74) is 5.53. The molecule has 1 fully saturated rings. The summed E-state index contributed by atoms with van der Waals surface area (Å²) in [7, 11) is 0. The average molecular weight is 307 g/mol. The average Bonchev–Trinajstić information content (AvgIpc) is 2.45. The lowest BCUT2D eigenvalue weighted by molar-refractivity contribution is -0.0412. The van der Waals surface area contributed by atoms with Gasteiger partial charge in [-0.2, -0.15) is 0 Å². The first-order valence-corrected chi connectivity index (χ1v) is 7.07. The van der Waals surface area contributed by atoms with Crippen LogP contribution in [0.3, 0.4) is 0 Å². The molecule has 1 aliphatic carbocycles. The summed E-state index contributed by atoms with van der Waals surface area (Å²) in [5, 5.41) is 0.0984. The van der Waals surface area contributed by atoms with Crippen LogP contribution in [0, 0.1) is 0 Å². The number of nitrogens with one attached hydrogen (secondary N) is 1. The summed E-state index contributed by atoms with van der Waals surface area (Å²) >= 11 is 0. The number of nitrogens with two attached hydrogens (primary N) is 1. The molecule has 1 atom stereocenters. The normalized spacial score (nSPS) is 20.9. The summed E-state index contributed by atoms with van der Waals surface area (Å²) in [6.45, 7) is 0. The highest BCUT2D eigenvalue weighted by Gasteiger charge is 2.37. The van der Waals surface area contributed by atoms with Gasteiger partial charge in [-0.1, -0.05) is 0 Å². The third-order valence-corrected chi connectivity index (χ3v) is 4.08. The number of pyridine rings is 2. The van der Waals surface area contributed by atoms with E-state index >= 15 is 0 Å². The molecular weight excluding hydrogens is 292 g/mol. The number of primary amides is 1. The molecule has 0 spiro atoms. The van der Waals surface area contributed by atoms with Gasteiger partial charge in [0.1, 0.15) is 5.69 Å². The molecule has 0 saturated heterocycles. The Labute approximate surface area is 124 Å². The van der Waals surface area contributed by atoms with Gasteiger partial charge < -0.3 is 10.7 Å². The topological polar surface area (TPSA) is 88.8 Å². The molecule has 1 saturated carbocycles. The number of hydrogen-bond acceptors (Lipinski definition) is 3. The second-order valence-electron chi connectivity index (χ2n) is 5.68. The minimum Gasteiger partial charge on any atom is -0.364 e. The maximum Gasteiger partial charge on any atom is 0.268 e. The number of amides is 1. The lowest BCUT2D eigenvalue weighted by Crippen LogP contribution is -2.26. The molecule has 0 aromatic carbocycles. The predicted octanol–water partition coefficient (Wildman–Crippen LogP) is 2.31. The lowest BCUT2D eigenvalue weighted by atomic mass is 9.84. The predicted molar refractivity (Wildman–Crippen MR) is 77.0 cm³/mol. The van der Waals surface area contributed by atoms with Crippen molar-refractivity contribution in [3.05, 3.63) is 39.9 Å². The fourth-order valence-electron chi connectivity index (χ4n) is 3.06. The summed E-state index contributed by atoms with van der Waals surface area (Å²) in [4.78, 5) is 30.4. The van der Waals surface area contributed by atoms with E-state index in [4.69, 9.17) is 5.73 Å². The molecule has 1 unspecified atom stereocenters. The number of aromatic amines is 1. The van der Waals surface area contributed by atoms with E-state index in [-0.39, 0.29) is 23.9 Å². The van der Waals surface area contributed by atoms with Crippen molar-refractivity contribution in [2.75, 3.05) is 0 Å². The largest absolute Gasteiger partial charge is 0.364 e. The molecule has 7 heteroatoms. The van der Waals surface area contributed by atoms with Crippen molar-refractivity contribution in [3.63, 3.8) is 0 Å². The molecule has 5 nitrogen and oxygen atoms in total. The van der Waals surface area contributed by atoms with Gasteiger partial charge in [-0.15, -0.1) is 0 Å². The molecule has 2 aromatic rings. The molecule has 22 heavy (non-hydrogen) atoms. The highest BCUT2D eigenvalue weighted by atomic mass is 19.3. The van der Waals surface area contributed by atoms with Crippen molar-refractivity contribution in [3.8, 4) is 0 Å². The molecule has 1 aliphatic rings. The van der Waals surface area contributed by atoms with Gasteiger partial charge in [-0.25, -0.2) is 8.78 Å². The van der Waals surface area contributed by atoms with Crippen LogP contribution in [0.2, 0.25) is 0 Å². The van der Waals surface area contributed by atoms with Crippen molar-refractivity contribution >= 4 is 16.8 Å². The van der Waals surface area contributed by atoms with Gasteiger partial charge in [-0.05, 0) is 18.9 Å². The second kappa shape index (κ2) is 5.15. The summed E-state index contributed by atoms with van der Waals surface area (Å²) in [6.07, 6.45) is 1.99. The Morgan fingerprint density at radius 3 is 2.91 bits per heavy atom. The van der Waals surface area contributed by atoms with Crippen LogP contribution < -0.4 is 11.2 Å². The number of nitrogens with zero attached hydrogens (tertiary/aromatic N) is 1. The van der Waals surface area contributed by atoms with Crippen LogP contribution in [-0.4, -0.2) is 21.8 Å². The van der Waals surface area contributed by atoms with Crippen molar-refractivity contribution < 1.29 is 13.6 Å². The molecular formula is C15H15F2N3O2. The SMILES string of the molecule is NC(=O)c1nccc2[nH]c(C3CCCC(F)(F)C3)cc(=O)c12. The van der Waals surface area contributed by atoms with Crippen molar-refractivity contribution in [1.29, 1.82) is 0 Å². The fraction of sp³-hybridized carbons (Fsp3) is 0.400. The highest BCUT2D eigenvalue weighted by molar-refractivity contribution is 6.03. The van der Waals surface area contributed by atoms with Crippen LogP contribution in [0.15, 0.2) is 23.1 Å². The molecule has 2 heterocycles. The third-order valence-electron chi connectivity index (χ3n) is 4.08. The first-order chi connectivity index (χ1) is 10.4. The van der Waals surface area contributed by atoms with E-state index in [9.17, 15) is 18.4 Å². The summed E-state index contributed by atoms with van der Waals surface area (Å²) in [6, 6.07) is 2.82. The zero-order chi connectivity index (χ0) is 15.9. The minimum absolute atomic E-state index is 0.0984. The Kier molecular flexibility index (Phi) is 3.42. The number of carbonyl (C=O) groups excluding carboxylic acids is 1. The zero-order valence-electron chi connectivity index (χ0n) is 11.7. The van der Waals surface area contributed by atoms with Gasteiger partial charge in [0.05, 0.1) is 10.9 Å². The Bertz CT molecular complexity index is 801.